The van der Waals surface area contributed by atoms with Gasteiger partial charge in [-0.2, -0.15) is 0 Å². The summed E-state index contributed by atoms with van der Waals surface area (Å²) in [6.45, 7) is 0. The van der Waals surface area contributed by atoms with Crippen LogP contribution in [0.25, 0.3) is 11.0 Å². The molecule has 0 spiro atoms. The maximum Gasteiger partial charge on any atom is 0.413 e. The lowest BCUT2D eigenvalue weighted by Gasteiger charge is -2.09. The van der Waals surface area contributed by atoms with Crippen LogP contribution in [-0.4, -0.2) is 29.2 Å². The van der Waals surface area contributed by atoms with E-state index in [4.69, 9.17) is 4.74 Å². The highest BCUT2D eigenvalue weighted by Crippen LogP contribution is 2.26. The van der Waals surface area contributed by atoms with Crippen molar-refractivity contribution in [2.75, 3.05) is 23.1 Å². The first-order valence-corrected chi connectivity index (χ1v) is 9.35. The van der Waals surface area contributed by atoms with E-state index >= 15 is 0 Å². The van der Waals surface area contributed by atoms with Crippen LogP contribution < -0.4 is 20.7 Å². The van der Waals surface area contributed by atoms with Gasteiger partial charge in [-0.1, -0.05) is 18.2 Å². The topological polar surface area (TPSA) is 117 Å². The van der Waals surface area contributed by atoms with Crippen molar-refractivity contribution in [3.05, 3.63) is 72.8 Å². The van der Waals surface area contributed by atoms with E-state index in [-0.39, 0.29) is 24.4 Å². The molecule has 0 saturated carbocycles. The molecule has 9 nitrogen and oxygen atoms in total. The third-order valence-electron chi connectivity index (χ3n) is 4.24. The van der Waals surface area contributed by atoms with Crippen LogP contribution in [0.2, 0.25) is 0 Å². The largest absolute Gasteiger partial charge is 0.457 e. The molecular formula is C22H20ClN5O4. The van der Waals surface area contributed by atoms with E-state index in [0.717, 1.165) is 0 Å². The van der Waals surface area contributed by atoms with E-state index in [1.165, 1.54) is 7.11 Å². The second kappa shape index (κ2) is 10.2. The average molecular weight is 454 g/mol. The Morgan fingerprint density at radius 3 is 2.19 bits per heavy atom. The number of methoxy groups -OCH3 is 1. The van der Waals surface area contributed by atoms with Gasteiger partial charge in [-0.25, -0.2) is 14.6 Å². The average Bonchev–Trinajstić information content (AvgIpc) is 3.17. The summed E-state index contributed by atoms with van der Waals surface area (Å²) in [4.78, 5) is 30.6. The summed E-state index contributed by atoms with van der Waals surface area (Å²) >= 11 is 0. The molecule has 0 unspecified atom stereocenters. The van der Waals surface area contributed by atoms with E-state index in [1.807, 2.05) is 30.3 Å². The summed E-state index contributed by atoms with van der Waals surface area (Å²) in [5, 5.41) is 8.00. The number of nitrogens with one attached hydrogen (secondary N) is 4. The highest BCUT2D eigenvalue weighted by molar-refractivity contribution is 5.99. The number of benzene rings is 3. The van der Waals surface area contributed by atoms with Gasteiger partial charge in [0.25, 0.3) is 0 Å². The molecule has 4 aromatic rings. The molecule has 0 bridgehead atoms. The molecule has 4 N–H and O–H groups in total. The number of H-pyrrole nitrogens is 1. The molecule has 0 fully saturated rings. The summed E-state index contributed by atoms with van der Waals surface area (Å²) in [7, 11) is 1.28. The molecule has 0 saturated heterocycles. The number of para-hydroxylation sites is 1. The van der Waals surface area contributed by atoms with Crippen LogP contribution in [0.1, 0.15) is 0 Å². The number of aromatic nitrogens is 2. The number of carbonyl (C=O) groups is 2. The van der Waals surface area contributed by atoms with Crippen molar-refractivity contribution in [3.63, 3.8) is 0 Å². The Morgan fingerprint density at radius 1 is 0.844 bits per heavy atom. The maximum absolute atomic E-state index is 12.1. The number of ether oxygens (including phenoxy) is 2. The third kappa shape index (κ3) is 5.67. The highest BCUT2D eigenvalue weighted by Gasteiger charge is 2.08. The Balaban J connectivity index is 0.00000289. The third-order valence-corrected chi connectivity index (χ3v) is 4.24. The molecule has 0 aliphatic carbocycles. The number of aromatic amines is 1. The van der Waals surface area contributed by atoms with Gasteiger partial charge in [0, 0.05) is 17.4 Å². The highest BCUT2D eigenvalue weighted by atomic mass is 35.5. The molecule has 4 rings (SSSR count). The predicted molar refractivity (Wildman–Crippen MR) is 125 cm³/mol. The molecule has 1 aromatic heterocycles. The first kappa shape index (κ1) is 22.4. The monoisotopic (exact) mass is 453 g/mol. The molecule has 0 atom stereocenters. The van der Waals surface area contributed by atoms with Crippen molar-refractivity contribution in [1.82, 2.24) is 9.97 Å². The minimum absolute atomic E-state index is 0. The van der Waals surface area contributed by atoms with Crippen LogP contribution in [0.5, 0.6) is 11.5 Å². The second-order valence-electron chi connectivity index (χ2n) is 6.45. The van der Waals surface area contributed by atoms with Gasteiger partial charge in [-0.3, -0.25) is 5.32 Å². The van der Waals surface area contributed by atoms with Gasteiger partial charge < -0.3 is 25.1 Å². The minimum atomic E-state index is -0.610. The van der Waals surface area contributed by atoms with Crippen LogP contribution in [-0.2, 0) is 4.74 Å². The standard InChI is InChI=1S/C22H19N5O4.ClH/c1-30-22(29)27-20-25-18-12-11-17(13-19(18)26-20)31-16-9-7-15(8-10-16)24-21(28)23-14-5-3-2-4-6-14;/h2-13H,1H3,(H2,23,24,28)(H2,25,26,27,29);1H. The van der Waals surface area contributed by atoms with Gasteiger partial charge in [0.2, 0.25) is 5.95 Å². The molecule has 1 heterocycles. The van der Waals surface area contributed by atoms with Crippen molar-refractivity contribution < 1.29 is 19.1 Å². The fourth-order valence-corrected chi connectivity index (χ4v) is 2.82. The zero-order valence-electron chi connectivity index (χ0n) is 16.9. The maximum atomic E-state index is 12.1. The molecule has 0 aliphatic rings. The molecule has 0 aliphatic heterocycles. The SMILES string of the molecule is COC(=O)Nc1nc2ccc(Oc3ccc(NC(=O)Nc4ccccc4)cc3)cc2[nH]1.Cl. The van der Waals surface area contributed by atoms with E-state index in [9.17, 15) is 9.59 Å². The Morgan fingerprint density at radius 2 is 1.50 bits per heavy atom. The summed E-state index contributed by atoms with van der Waals surface area (Å²) in [6, 6.07) is 21.1. The van der Waals surface area contributed by atoms with Gasteiger partial charge in [0.15, 0.2) is 0 Å². The zero-order valence-corrected chi connectivity index (χ0v) is 17.7. The number of carbonyl (C=O) groups excluding carboxylic acids is 2. The second-order valence-corrected chi connectivity index (χ2v) is 6.45. The molecular weight excluding hydrogens is 434 g/mol. The molecule has 3 aromatic carbocycles. The Hall–Kier alpha value is -4.24. The first-order chi connectivity index (χ1) is 15.1. The lowest BCUT2D eigenvalue weighted by atomic mass is 10.3. The molecule has 3 amide bonds. The van der Waals surface area contributed by atoms with E-state index in [2.05, 4.69) is 30.7 Å². The number of imidazole rings is 1. The number of anilines is 3. The normalized spacial score (nSPS) is 10.0. The van der Waals surface area contributed by atoms with Crippen LogP contribution in [0.15, 0.2) is 72.8 Å². The van der Waals surface area contributed by atoms with Gasteiger partial charge in [0.1, 0.15) is 11.5 Å². The lowest BCUT2D eigenvalue weighted by molar-refractivity contribution is 0.186. The molecule has 10 heteroatoms. The number of rotatable bonds is 5. The van der Waals surface area contributed by atoms with Gasteiger partial charge >= 0.3 is 12.1 Å². The number of fused-ring (bicyclic) bond motifs is 1. The van der Waals surface area contributed by atoms with Crippen molar-refractivity contribution >= 4 is 52.9 Å². The molecule has 0 radical (unpaired) electrons. The quantitative estimate of drug-likeness (QED) is 0.314. The number of urea groups is 1. The number of nitrogens with zero attached hydrogens (tertiary/aromatic N) is 1. The zero-order chi connectivity index (χ0) is 21.6. The van der Waals surface area contributed by atoms with Crippen LogP contribution in [0.4, 0.5) is 26.9 Å². The molecule has 32 heavy (non-hydrogen) atoms. The minimum Gasteiger partial charge on any atom is -0.457 e. The summed E-state index contributed by atoms with van der Waals surface area (Å²) in [5.41, 5.74) is 2.70. The lowest BCUT2D eigenvalue weighted by Crippen LogP contribution is -2.19. The first-order valence-electron chi connectivity index (χ1n) is 9.35. The smallest absolute Gasteiger partial charge is 0.413 e. The Labute approximate surface area is 189 Å². The summed E-state index contributed by atoms with van der Waals surface area (Å²) in [6.07, 6.45) is -0.610. The number of hydrogen-bond acceptors (Lipinski definition) is 5. The van der Waals surface area contributed by atoms with Crippen molar-refractivity contribution in [2.45, 2.75) is 0 Å². The van der Waals surface area contributed by atoms with Gasteiger partial charge in [-0.05, 0) is 48.5 Å². The summed E-state index contributed by atoms with van der Waals surface area (Å²) < 4.78 is 10.4. The van der Waals surface area contributed by atoms with E-state index in [1.54, 1.807) is 42.5 Å². The van der Waals surface area contributed by atoms with Crippen molar-refractivity contribution in [3.8, 4) is 11.5 Å². The summed E-state index contributed by atoms with van der Waals surface area (Å²) in [5.74, 6) is 1.47. The van der Waals surface area contributed by atoms with Crippen LogP contribution in [0, 0.1) is 0 Å². The van der Waals surface area contributed by atoms with Gasteiger partial charge in [0.05, 0.1) is 18.1 Å². The Bertz CT molecular complexity index is 1210. The van der Waals surface area contributed by atoms with Crippen molar-refractivity contribution in [2.24, 2.45) is 0 Å². The Kier molecular flexibility index (Phi) is 7.14. The van der Waals surface area contributed by atoms with Crippen LogP contribution >= 0.6 is 12.4 Å². The fraction of sp³-hybridized carbons (Fsp3) is 0.0455. The van der Waals surface area contributed by atoms with E-state index in [0.29, 0.717) is 33.9 Å². The number of hydrogen-bond donors (Lipinski definition) is 4. The van der Waals surface area contributed by atoms with Gasteiger partial charge in [-0.15, -0.1) is 12.4 Å². The van der Waals surface area contributed by atoms with E-state index < -0.39 is 6.09 Å². The number of amides is 3. The predicted octanol–water partition coefficient (Wildman–Crippen LogP) is 5.60. The number of halogens is 1. The van der Waals surface area contributed by atoms with Crippen molar-refractivity contribution in [1.29, 1.82) is 0 Å². The van der Waals surface area contributed by atoms with Crippen LogP contribution in [0.3, 0.4) is 0 Å². The fourth-order valence-electron chi connectivity index (χ4n) is 2.82. The molecule has 164 valence electrons.